The number of piperidine rings is 1. The average molecular weight is 459 g/mol. The third kappa shape index (κ3) is 4.55. The second-order valence-electron chi connectivity index (χ2n) is 11.5. The van der Waals surface area contributed by atoms with Gasteiger partial charge >= 0.3 is 0 Å². The third-order valence-corrected chi connectivity index (χ3v) is 7.88. The summed E-state index contributed by atoms with van der Waals surface area (Å²) in [5.74, 6) is 1.23. The highest BCUT2D eigenvalue weighted by atomic mass is 15.2. The largest absolute Gasteiger partial charge is 0.354 e. The minimum atomic E-state index is 0.465. The zero-order valence-corrected chi connectivity index (χ0v) is 22.0. The molecule has 1 aromatic carbocycles. The molecule has 0 spiro atoms. The molecule has 2 aromatic heterocycles. The Morgan fingerprint density at radius 2 is 1.71 bits per heavy atom. The van der Waals surface area contributed by atoms with E-state index in [-0.39, 0.29) is 0 Å². The van der Waals surface area contributed by atoms with E-state index in [9.17, 15) is 0 Å². The molecule has 3 aromatic rings. The predicted octanol–water partition coefficient (Wildman–Crippen LogP) is 6.45. The molecule has 0 radical (unpaired) electrons. The van der Waals surface area contributed by atoms with E-state index in [1.807, 2.05) is 0 Å². The molecular formula is C30H42N4. The number of nitrogens with zero attached hydrogens (tertiary/aromatic N) is 3. The standard InChI is InChI=1S/C30H42N4/c1-19(2)17-33-12-9-25(10-13-33)34-14-11-26-23(18-34)7-8-27-29(26)28(20(3)4)30(32-27)24-15-21(5)31-22(6)16-24/h7-8,15-16,19-20,25,32H,9-14,17-18H2,1-6H3. The molecule has 5 rings (SSSR count). The second-order valence-corrected chi connectivity index (χ2v) is 11.5. The Kier molecular flexibility index (Phi) is 6.56. The van der Waals surface area contributed by atoms with E-state index in [4.69, 9.17) is 0 Å². The Balaban J connectivity index is 1.45. The van der Waals surface area contributed by atoms with Crippen molar-refractivity contribution in [2.24, 2.45) is 5.92 Å². The molecule has 0 atom stereocenters. The van der Waals surface area contributed by atoms with Crippen LogP contribution in [0.5, 0.6) is 0 Å². The van der Waals surface area contributed by atoms with Gasteiger partial charge in [-0.3, -0.25) is 9.88 Å². The number of rotatable bonds is 5. The molecular weight excluding hydrogens is 416 g/mol. The van der Waals surface area contributed by atoms with Crippen LogP contribution in [0.25, 0.3) is 22.2 Å². The summed E-state index contributed by atoms with van der Waals surface area (Å²) in [4.78, 5) is 13.9. The van der Waals surface area contributed by atoms with Crippen molar-refractivity contribution in [3.63, 3.8) is 0 Å². The Morgan fingerprint density at radius 3 is 2.35 bits per heavy atom. The summed E-state index contributed by atoms with van der Waals surface area (Å²) in [5.41, 5.74) is 10.6. The summed E-state index contributed by atoms with van der Waals surface area (Å²) in [7, 11) is 0. The SMILES string of the molecule is Cc1cc(-c2[nH]c3ccc4c(c3c2C(C)C)CCN(C2CCN(CC(C)C)CC2)C4)cc(C)n1. The molecule has 1 saturated heterocycles. The highest BCUT2D eigenvalue weighted by Gasteiger charge is 2.29. The van der Waals surface area contributed by atoms with Crippen LogP contribution >= 0.6 is 0 Å². The van der Waals surface area contributed by atoms with E-state index in [0.29, 0.717) is 5.92 Å². The van der Waals surface area contributed by atoms with Crippen molar-refractivity contribution in [1.29, 1.82) is 0 Å². The van der Waals surface area contributed by atoms with Gasteiger partial charge in [0.1, 0.15) is 0 Å². The second kappa shape index (κ2) is 9.47. The topological polar surface area (TPSA) is 35.2 Å². The highest BCUT2D eigenvalue weighted by molar-refractivity contribution is 5.94. The van der Waals surface area contributed by atoms with E-state index in [0.717, 1.165) is 36.3 Å². The maximum Gasteiger partial charge on any atom is 0.0501 e. The van der Waals surface area contributed by atoms with Gasteiger partial charge in [-0.15, -0.1) is 0 Å². The Hall–Kier alpha value is -2.17. The maximum absolute atomic E-state index is 4.61. The summed E-state index contributed by atoms with van der Waals surface area (Å²) in [5, 5.41) is 1.49. The lowest BCUT2D eigenvalue weighted by molar-refractivity contribution is 0.0928. The number of hydrogen-bond donors (Lipinski definition) is 1. The maximum atomic E-state index is 4.61. The van der Waals surface area contributed by atoms with Crippen molar-refractivity contribution in [1.82, 2.24) is 19.8 Å². The minimum Gasteiger partial charge on any atom is -0.354 e. The van der Waals surface area contributed by atoms with Crippen molar-refractivity contribution in [3.8, 4) is 11.3 Å². The first-order valence-electron chi connectivity index (χ1n) is 13.4. The summed E-state index contributed by atoms with van der Waals surface area (Å²) in [6.45, 7) is 19.6. The Bertz CT molecular complexity index is 1140. The van der Waals surface area contributed by atoms with Crippen molar-refractivity contribution >= 4 is 10.9 Å². The summed E-state index contributed by atoms with van der Waals surface area (Å²) < 4.78 is 0. The van der Waals surface area contributed by atoms with Gasteiger partial charge < -0.3 is 9.88 Å². The number of aromatic nitrogens is 2. The van der Waals surface area contributed by atoms with Gasteiger partial charge in [0.2, 0.25) is 0 Å². The quantitative estimate of drug-likeness (QED) is 0.477. The third-order valence-electron chi connectivity index (χ3n) is 7.88. The van der Waals surface area contributed by atoms with Gasteiger partial charge in [-0.05, 0) is 92.9 Å². The molecule has 34 heavy (non-hydrogen) atoms. The molecule has 0 saturated carbocycles. The first kappa shape index (κ1) is 23.6. The first-order chi connectivity index (χ1) is 16.3. The normalized spacial score (nSPS) is 18.4. The van der Waals surface area contributed by atoms with E-state index in [2.05, 4.69) is 85.6 Å². The lowest BCUT2D eigenvalue weighted by atomic mass is 9.88. The van der Waals surface area contributed by atoms with Gasteiger partial charge in [-0.25, -0.2) is 0 Å². The summed E-state index contributed by atoms with van der Waals surface area (Å²) in [6, 6.07) is 9.92. The number of benzene rings is 1. The number of H-pyrrole nitrogens is 1. The van der Waals surface area contributed by atoms with Gasteiger partial charge in [0.25, 0.3) is 0 Å². The number of nitrogens with one attached hydrogen (secondary N) is 1. The molecule has 1 fully saturated rings. The van der Waals surface area contributed by atoms with E-state index in [1.54, 1.807) is 5.56 Å². The molecule has 4 nitrogen and oxygen atoms in total. The van der Waals surface area contributed by atoms with Crippen LogP contribution in [0.3, 0.4) is 0 Å². The summed E-state index contributed by atoms with van der Waals surface area (Å²) in [6.07, 6.45) is 3.79. The fourth-order valence-corrected chi connectivity index (χ4v) is 6.50. The monoisotopic (exact) mass is 458 g/mol. The van der Waals surface area contributed by atoms with Crippen molar-refractivity contribution in [2.45, 2.75) is 79.3 Å². The molecule has 1 N–H and O–H groups in total. The highest BCUT2D eigenvalue weighted by Crippen LogP contribution is 2.40. The molecule has 0 unspecified atom stereocenters. The fourth-order valence-electron chi connectivity index (χ4n) is 6.50. The van der Waals surface area contributed by atoms with Gasteiger partial charge in [0, 0.05) is 53.5 Å². The van der Waals surface area contributed by atoms with E-state index in [1.165, 1.54) is 72.3 Å². The van der Waals surface area contributed by atoms with Gasteiger partial charge in [-0.1, -0.05) is 33.8 Å². The smallest absolute Gasteiger partial charge is 0.0501 e. The molecule has 182 valence electrons. The lowest BCUT2D eigenvalue weighted by Crippen LogP contribution is -2.47. The number of pyridine rings is 1. The van der Waals surface area contributed by atoms with Gasteiger partial charge in [0.15, 0.2) is 0 Å². The van der Waals surface area contributed by atoms with Crippen molar-refractivity contribution < 1.29 is 0 Å². The lowest BCUT2D eigenvalue weighted by Gasteiger charge is -2.41. The molecule has 0 aliphatic carbocycles. The fraction of sp³-hybridized carbons (Fsp3) is 0.567. The van der Waals surface area contributed by atoms with Gasteiger partial charge in [-0.2, -0.15) is 0 Å². The van der Waals surface area contributed by atoms with Crippen LogP contribution in [-0.4, -0.2) is 52.0 Å². The molecule has 4 heterocycles. The number of likely N-dealkylation sites (tertiary alicyclic amines) is 1. The summed E-state index contributed by atoms with van der Waals surface area (Å²) >= 11 is 0. The Labute approximate surface area is 205 Å². The number of fused-ring (bicyclic) bond motifs is 3. The van der Waals surface area contributed by atoms with Crippen LogP contribution in [0.15, 0.2) is 24.3 Å². The minimum absolute atomic E-state index is 0.465. The van der Waals surface area contributed by atoms with Crippen LogP contribution in [0, 0.1) is 19.8 Å². The first-order valence-corrected chi connectivity index (χ1v) is 13.4. The Morgan fingerprint density at radius 1 is 1.00 bits per heavy atom. The molecule has 2 aliphatic rings. The van der Waals surface area contributed by atoms with Crippen LogP contribution < -0.4 is 0 Å². The number of aromatic amines is 1. The molecule has 0 amide bonds. The predicted molar refractivity (Wildman–Crippen MR) is 144 cm³/mol. The molecule has 0 bridgehead atoms. The molecule has 4 heteroatoms. The van der Waals surface area contributed by atoms with Crippen LogP contribution in [0.2, 0.25) is 0 Å². The van der Waals surface area contributed by atoms with Crippen LogP contribution in [-0.2, 0) is 13.0 Å². The average Bonchev–Trinajstić information content (AvgIpc) is 3.19. The van der Waals surface area contributed by atoms with Crippen LogP contribution in [0.4, 0.5) is 0 Å². The zero-order valence-electron chi connectivity index (χ0n) is 22.0. The van der Waals surface area contributed by atoms with Gasteiger partial charge in [0.05, 0.1) is 5.69 Å². The number of aryl methyl sites for hydroxylation is 2. The van der Waals surface area contributed by atoms with Crippen molar-refractivity contribution in [2.75, 3.05) is 26.2 Å². The number of hydrogen-bond acceptors (Lipinski definition) is 3. The zero-order chi connectivity index (χ0) is 24.0. The van der Waals surface area contributed by atoms with E-state index < -0.39 is 0 Å². The van der Waals surface area contributed by atoms with Crippen molar-refractivity contribution in [3.05, 3.63) is 52.3 Å². The van der Waals surface area contributed by atoms with Crippen LogP contribution in [0.1, 0.15) is 74.5 Å². The van der Waals surface area contributed by atoms with E-state index >= 15 is 0 Å². The molecule has 2 aliphatic heterocycles.